The number of amides is 1. The number of thiazole rings is 1. The zero-order valence-electron chi connectivity index (χ0n) is 15.7. The van der Waals surface area contributed by atoms with E-state index in [-0.39, 0.29) is 5.91 Å². The van der Waals surface area contributed by atoms with Crippen molar-refractivity contribution in [1.29, 1.82) is 0 Å². The number of fused-ring (bicyclic) bond motifs is 3. The van der Waals surface area contributed by atoms with Gasteiger partial charge in [0.1, 0.15) is 5.82 Å². The Morgan fingerprint density at radius 3 is 2.81 bits per heavy atom. The second-order valence-electron chi connectivity index (χ2n) is 6.43. The summed E-state index contributed by atoms with van der Waals surface area (Å²) in [5.41, 5.74) is 5.41. The van der Waals surface area contributed by atoms with Crippen LogP contribution in [0.15, 0.2) is 18.3 Å². The Labute approximate surface area is 161 Å². The highest BCUT2D eigenvalue weighted by atomic mass is 32.1. The van der Waals surface area contributed by atoms with E-state index in [0.29, 0.717) is 5.13 Å². The summed E-state index contributed by atoms with van der Waals surface area (Å²) in [4.78, 5) is 21.6. The first-order valence-electron chi connectivity index (χ1n) is 9.18. The number of hydrogen-bond donors (Lipinski definition) is 2. The van der Waals surface area contributed by atoms with E-state index in [1.54, 1.807) is 0 Å². The highest BCUT2D eigenvalue weighted by Crippen LogP contribution is 2.43. The van der Waals surface area contributed by atoms with Crippen LogP contribution in [-0.2, 0) is 24.2 Å². The Hall–Kier alpha value is -2.74. The first-order chi connectivity index (χ1) is 13.1. The zero-order valence-corrected chi connectivity index (χ0v) is 16.5. The fraction of sp³-hybridized carbons (Fsp3) is 0.368. The quantitative estimate of drug-likeness (QED) is 0.705. The average Bonchev–Trinajstić information content (AvgIpc) is 3.22. The summed E-state index contributed by atoms with van der Waals surface area (Å²) in [7, 11) is 0. The third-order valence-corrected chi connectivity index (χ3v) is 5.57. The van der Waals surface area contributed by atoms with Gasteiger partial charge in [0.15, 0.2) is 5.13 Å². The minimum absolute atomic E-state index is 0.0992. The van der Waals surface area contributed by atoms with E-state index in [0.717, 1.165) is 59.3 Å². The fourth-order valence-corrected chi connectivity index (χ4v) is 4.56. The molecule has 0 fully saturated rings. The van der Waals surface area contributed by atoms with Gasteiger partial charge in [0, 0.05) is 37.3 Å². The number of aromatic nitrogens is 4. The number of rotatable bonds is 5. The highest BCUT2D eigenvalue weighted by molar-refractivity contribution is 7.19. The first-order valence-corrected chi connectivity index (χ1v) is 10.00. The maximum absolute atomic E-state index is 11.4. The molecule has 3 aromatic heterocycles. The van der Waals surface area contributed by atoms with E-state index in [2.05, 4.69) is 40.5 Å². The van der Waals surface area contributed by atoms with Crippen LogP contribution < -0.4 is 10.6 Å². The summed E-state index contributed by atoms with van der Waals surface area (Å²) in [6, 6.07) is 4.06. The monoisotopic (exact) mass is 382 g/mol. The normalized spacial score (nSPS) is 12.4. The van der Waals surface area contributed by atoms with Crippen LogP contribution in [0.1, 0.15) is 32.0 Å². The van der Waals surface area contributed by atoms with E-state index in [9.17, 15) is 4.79 Å². The number of hydrogen-bond acceptors (Lipinski definition) is 6. The number of nitrogens with zero attached hydrogens (tertiary/aromatic N) is 4. The van der Waals surface area contributed by atoms with Crippen LogP contribution in [0, 0.1) is 0 Å². The summed E-state index contributed by atoms with van der Waals surface area (Å²) >= 11 is 1.52. The number of nitrogens with one attached hydrogen (secondary N) is 2. The molecule has 0 spiro atoms. The molecule has 0 unspecified atom stereocenters. The molecule has 0 saturated carbocycles. The van der Waals surface area contributed by atoms with Crippen LogP contribution in [0.25, 0.3) is 21.8 Å². The van der Waals surface area contributed by atoms with E-state index >= 15 is 0 Å². The predicted octanol–water partition coefficient (Wildman–Crippen LogP) is 3.58. The molecule has 0 radical (unpaired) electrons. The Morgan fingerprint density at radius 2 is 2.15 bits per heavy atom. The van der Waals surface area contributed by atoms with Crippen LogP contribution in [0.2, 0.25) is 0 Å². The van der Waals surface area contributed by atoms with E-state index in [1.165, 1.54) is 23.8 Å². The van der Waals surface area contributed by atoms with Gasteiger partial charge in [0.05, 0.1) is 22.0 Å². The summed E-state index contributed by atoms with van der Waals surface area (Å²) in [6.07, 6.45) is 3.62. The van der Waals surface area contributed by atoms with Gasteiger partial charge in [-0.05, 0) is 38.8 Å². The molecule has 3 heterocycles. The summed E-state index contributed by atoms with van der Waals surface area (Å²) in [5.74, 6) is 0.771. The van der Waals surface area contributed by atoms with E-state index in [4.69, 9.17) is 5.10 Å². The van der Waals surface area contributed by atoms with Crippen LogP contribution in [0.4, 0.5) is 10.9 Å². The van der Waals surface area contributed by atoms with Crippen molar-refractivity contribution in [2.75, 3.05) is 17.2 Å². The van der Waals surface area contributed by atoms with Crippen LogP contribution in [0.5, 0.6) is 0 Å². The predicted molar refractivity (Wildman–Crippen MR) is 108 cm³/mol. The number of aryl methyl sites for hydroxylation is 2. The smallest absolute Gasteiger partial charge is 0.223 e. The van der Waals surface area contributed by atoms with Crippen molar-refractivity contribution >= 4 is 28.2 Å². The molecule has 0 bridgehead atoms. The molecule has 8 heteroatoms. The summed E-state index contributed by atoms with van der Waals surface area (Å²) in [6.45, 7) is 7.27. The minimum atomic E-state index is -0.0992. The van der Waals surface area contributed by atoms with Crippen molar-refractivity contribution in [2.45, 2.75) is 40.2 Å². The maximum atomic E-state index is 11.4. The second kappa shape index (κ2) is 7.11. The molecule has 27 heavy (non-hydrogen) atoms. The van der Waals surface area contributed by atoms with Gasteiger partial charge in [-0.3, -0.25) is 9.48 Å². The molecule has 7 nitrogen and oxygen atoms in total. The van der Waals surface area contributed by atoms with Gasteiger partial charge in [-0.2, -0.15) is 5.10 Å². The molecular weight excluding hydrogens is 360 g/mol. The fourth-order valence-electron chi connectivity index (χ4n) is 3.42. The van der Waals surface area contributed by atoms with E-state index < -0.39 is 0 Å². The summed E-state index contributed by atoms with van der Waals surface area (Å²) < 4.78 is 2.04. The van der Waals surface area contributed by atoms with Crippen molar-refractivity contribution in [2.24, 2.45) is 0 Å². The van der Waals surface area contributed by atoms with Crippen molar-refractivity contribution in [3.63, 3.8) is 0 Å². The van der Waals surface area contributed by atoms with Crippen molar-refractivity contribution in [1.82, 2.24) is 19.7 Å². The third kappa shape index (κ3) is 3.21. The first kappa shape index (κ1) is 17.7. The molecule has 140 valence electrons. The Bertz CT molecular complexity index is 989. The molecule has 0 aromatic carbocycles. The molecule has 1 amide bonds. The zero-order chi connectivity index (χ0) is 19.0. The van der Waals surface area contributed by atoms with Crippen LogP contribution in [0.3, 0.4) is 0 Å². The lowest BCUT2D eigenvalue weighted by atomic mass is 9.95. The minimum Gasteiger partial charge on any atom is -0.370 e. The van der Waals surface area contributed by atoms with Gasteiger partial charge in [0.25, 0.3) is 0 Å². The van der Waals surface area contributed by atoms with Crippen molar-refractivity contribution < 1.29 is 4.79 Å². The molecule has 4 rings (SSSR count). The standard InChI is InChI=1S/C19H22N6OS/c1-4-20-15-9-6-12(10-21-15)16-13-7-8-14-18(17(13)25(5-2)24-16)27-19(23-14)22-11(3)26/h6,9-10H,4-5,7-8H2,1-3H3,(H,20,21)(H,22,23,26). The SMILES string of the molecule is CCNc1ccc(-c2nn(CC)c3c2CCc2nc(NC(C)=O)sc2-3)cn1. The Kier molecular flexibility index (Phi) is 4.65. The van der Waals surface area contributed by atoms with Gasteiger partial charge in [-0.15, -0.1) is 0 Å². The summed E-state index contributed by atoms with van der Waals surface area (Å²) in [5, 5.41) is 11.6. The van der Waals surface area contributed by atoms with Crippen molar-refractivity contribution in [3.8, 4) is 21.8 Å². The number of carbonyl (C=O) groups is 1. The topological polar surface area (TPSA) is 84.7 Å². The molecule has 2 N–H and O–H groups in total. The van der Waals surface area contributed by atoms with Crippen LogP contribution >= 0.6 is 11.3 Å². The lowest BCUT2D eigenvalue weighted by Gasteiger charge is -2.13. The lowest BCUT2D eigenvalue weighted by molar-refractivity contribution is -0.114. The molecule has 0 aliphatic heterocycles. The Morgan fingerprint density at radius 1 is 1.30 bits per heavy atom. The average molecular weight is 382 g/mol. The van der Waals surface area contributed by atoms with Crippen molar-refractivity contribution in [3.05, 3.63) is 29.6 Å². The largest absolute Gasteiger partial charge is 0.370 e. The molecule has 3 aromatic rings. The maximum Gasteiger partial charge on any atom is 0.223 e. The van der Waals surface area contributed by atoms with Gasteiger partial charge in [-0.25, -0.2) is 9.97 Å². The molecule has 1 aliphatic carbocycles. The molecule has 0 atom stereocenters. The molecule has 0 saturated heterocycles. The van der Waals surface area contributed by atoms with Gasteiger partial charge in [0.2, 0.25) is 5.91 Å². The third-order valence-electron chi connectivity index (χ3n) is 4.55. The lowest BCUT2D eigenvalue weighted by Crippen LogP contribution is -2.07. The number of pyridine rings is 1. The Balaban J connectivity index is 1.78. The van der Waals surface area contributed by atoms with Crippen LogP contribution in [-0.4, -0.2) is 32.2 Å². The number of anilines is 2. The van der Waals surface area contributed by atoms with Gasteiger partial charge < -0.3 is 10.6 Å². The second-order valence-corrected chi connectivity index (χ2v) is 7.43. The molecule has 1 aliphatic rings. The highest BCUT2D eigenvalue weighted by Gasteiger charge is 2.28. The van der Waals surface area contributed by atoms with Gasteiger partial charge in [-0.1, -0.05) is 11.3 Å². The van der Waals surface area contributed by atoms with E-state index in [1.807, 2.05) is 16.9 Å². The van der Waals surface area contributed by atoms with Gasteiger partial charge >= 0.3 is 0 Å². The number of carbonyl (C=O) groups excluding carboxylic acids is 1. The molecular formula is C19H22N6OS.